The highest BCUT2D eigenvalue weighted by Crippen LogP contribution is 2.40. The second-order valence-corrected chi connectivity index (χ2v) is 9.41. The summed E-state index contributed by atoms with van der Waals surface area (Å²) in [6.45, 7) is 3.07. The van der Waals surface area contributed by atoms with Crippen molar-refractivity contribution in [1.82, 2.24) is 24.3 Å². The van der Waals surface area contributed by atoms with Crippen LogP contribution in [0.5, 0.6) is 5.75 Å². The second-order valence-electron chi connectivity index (χ2n) is 9.01. The summed E-state index contributed by atoms with van der Waals surface area (Å²) in [7, 11) is 3.38. The number of aryl methyl sites for hydroxylation is 1. The Morgan fingerprint density at radius 3 is 2.47 bits per heavy atom. The lowest BCUT2D eigenvalue weighted by molar-refractivity contribution is 0.0545. The minimum Gasteiger partial charge on any atom is -0.507 e. The molecule has 0 radical (unpaired) electrons. The number of imidazole rings is 1. The molecule has 1 atom stereocenters. The number of nitrogens with zero attached hydrogens (tertiary/aromatic N) is 4. The zero-order valence-electron chi connectivity index (χ0n) is 19.9. The maximum absolute atomic E-state index is 14.9. The molecule has 0 saturated carbocycles. The fourth-order valence-corrected chi connectivity index (χ4v) is 4.92. The van der Waals surface area contributed by atoms with Crippen molar-refractivity contribution >= 4 is 17.2 Å². The number of rotatable bonds is 4. The summed E-state index contributed by atoms with van der Waals surface area (Å²) in [5.41, 5.74) is 2.58. The standard InChI is InChI=1S/C26H27ClFN5O3/c1-30-9-10-33(26(30)36)22-4-3-16(11-21(22)27)19-13-18(28)14-20(24(19)34)17-12-23(25(35)31(2)15-17)32-7-5-29-6-8-32/h3-4,9-15,25,29,34-35H,5-8H2,1-2H3. The van der Waals surface area contributed by atoms with Gasteiger partial charge in [0.1, 0.15) is 11.6 Å². The first-order chi connectivity index (χ1) is 17.2. The van der Waals surface area contributed by atoms with Gasteiger partial charge < -0.3 is 29.9 Å². The molecule has 0 bridgehead atoms. The van der Waals surface area contributed by atoms with E-state index in [1.165, 1.54) is 21.3 Å². The molecule has 2 aliphatic heterocycles. The smallest absolute Gasteiger partial charge is 0.332 e. The van der Waals surface area contributed by atoms with Crippen LogP contribution >= 0.6 is 11.6 Å². The predicted octanol–water partition coefficient (Wildman–Crippen LogP) is 2.73. The number of hydrogen-bond acceptors (Lipinski definition) is 6. The first-order valence-electron chi connectivity index (χ1n) is 11.6. The summed E-state index contributed by atoms with van der Waals surface area (Å²) in [5, 5.41) is 25.6. The van der Waals surface area contributed by atoms with Gasteiger partial charge in [-0.05, 0) is 35.9 Å². The number of halogens is 2. The Kier molecular flexibility index (Phi) is 6.38. The number of phenols is 1. The summed E-state index contributed by atoms with van der Waals surface area (Å²) in [5.74, 6) is -0.631. The van der Waals surface area contributed by atoms with Gasteiger partial charge in [-0.15, -0.1) is 0 Å². The van der Waals surface area contributed by atoms with Crippen LogP contribution in [0.4, 0.5) is 4.39 Å². The molecule has 36 heavy (non-hydrogen) atoms. The van der Waals surface area contributed by atoms with E-state index in [0.717, 1.165) is 26.2 Å². The molecule has 0 aliphatic carbocycles. The van der Waals surface area contributed by atoms with Gasteiger partial charge in [0.25, 0.3) is 0 Å². The Balaban J connectivity index is 1.56. The highest BCUT2D eigenvalue weighted by Gasteiger charge is 2.27. The lowest BCUT2D eigenvalue weighted by Crippen LogP contribution is -2.48. The van der Waals surface area contributed by atoms with Crippen LogP contribution in [0, 0.1) is 5.82 Å². The minimum absolute atomic E-state index is 0.107. The van der Waals surface area contributed by atoms with E-state index in [-0.39, 0.29) is 22.0 Å². The molecule has 2 aromatic carbocycles. The SMILES string of the molecule is CN1C=C(c2cc(F)cc(-c3ccc(-n4ccn(C)c4=O)c(Cl)c3)c2O)C=C(N2CCNCC2)C1O. The van der Waals surface area contributed by atoms with Crippen molar-refractivity contribution in [2.24, 2.45) is 7.05 Å². The topological polar surface area (TPSA) is 85.9 Å². The van der Waals surface area contributed by atoms with Gasteiger partial charge in [-0.25, -0.2) is 9.18 Å². The van der Waals surface area contributed by atoms with Crippen molar-refractivity contribution in [3.05, 3.63) is 87.6 Å². The Morgan fingerprint density at radius 2 is 1.81 bits per heavy atom. The van der Waals surface area contributed by atoms with Gasteiger partial charge in [0.05, 0.1) is 16.4 Å². The highest BCUT2D eigenvalue weighted by atomic mass is 35.5. The fourth-order valence-electron chi connectivity index (χ4n) is 4.65. The van der Waals surface area contributed by atoms with Crippen molar-refractivity contribution in [1.29, 1.82) is 0 Å². The van der Waals surface area contributed by atoms with Crippen LogP contribution in [0.3, 0.4) is 0 Å². The van der Waals surface area contributed by atoms with Crippen LogP contribution in [-0.4, -0.2) is 68.6 Å². The number of aliphatic hydroxyl groups is 1. The molecule has 3 heterocycles. The van der Waals surface area contributed by atoms with Crippen LogP contribution in [-0.2, 0) is 7.05 Å². The molecule has 1 saturated heterocycles. The molecule has 1 fully saturated rings. The van der Waals surface area contributed by atoms with Gasteiger partial charge in [-0.2, -0.15) is 0 Å². The lowest BCUT2D eigenvalue weighted by atomic mass is 9.95. The van der Waals surface area contributed by atoms with E-state index in [9.17, 15) is 19.4 Å². The summed E-state index contributed by atoms with van der Waals surface area (Å²) < 4.78 is 17.7. The summed E-state index contributed by atoms with van der Waals surface area (Å²) in [6.07, 6.45) is 5.89. The zero-order chi connectivity index (χ0) is 25.6. The number of piperazine rings is 1. The van der Waals surface area contributed by atoms with Gasteiger partial charge in [0.2, 0.25) is 0 Å². The number of hydrogen-bond donors (Lipinski definition) is 3. The lowest BCUT2D eigenvalue weighted by Gasteiger charge is -2.38. The molecule has 0 spiro atoms. The van der Waals surface area contributed by atoms with Crippen molar-refractivity contribution < 1.29 is 14.6 Å². The largest absolute Gasteiger partial charge is 0.507 e. The van der Waals surface area contributed by atoms with E-state index in [1.54, 1.807) is 61.9 Å². The molecule has 1 aromatic heterocycles. The van der Waals surface area contributed by atoms with Crippen LogP contribution in [0.25, 0.3) is 22.4 Å². The number of aromatic nitrogens is 2. The van der Waals surface area contributed by atoms with Gasteiger partial charge in [0.15, 0.2) is 6.23 Å². The van der Waals surface area contributed by atoms with Crippen LogP contribution in [0.15, 0.2) is 65.5 Å². The second kappa shape index (κ2) is 9.50. The van der Waals surface area contributed by atoms with Crippen molar-refractivity contribution in [3.8, 4) is 22.6 Å². The molecule has 3 aromatic rings. The maximum atomic E-state index is 14.9. The van der Waals surface area contributed by atoms with E-state index < -0.39 is 12.0 Å². The molecule has 1 unspecified atom stereocenters. The fraction of sp³-hybridized carbons (Fsp3) is 0.269. The van der Waals surface area contributed by atoms with Gasteiger partial charge in [0, 0.05) is 75.6 Å². The molecular weight excluding hydrogens is 485 g/mol. The third-order valence-electron chi connectivity index (χ3n) is 6.63. The quantitative estimate of drug-likeness (QED) is 0.499. The average molecular weight is 512 g/mol. The number of phenolic OH excluding ortho intramolecular Hbond substituents is 1. The van der Waals surface area contributed by atoms with E-state index in [0.29, 0.717) is 28.1 Å². The van der Waals surface area contributed by atoms with E-state index in [2.05, 4.69) is 10.2 Å². The number of benzene rings is 2. The van der Waals surface area contributed by atoms with Crippen LogP contribution in [0.2, 0.25) is 5.02 Å². The number of nitrogens with one attached hydrogen (secondary N) is 1. The van der Waals surface area contributed by atoms with E-state index in [4.69, 9.17) is 11.6 Å². The summed E-state index contributed by atoms with van der Waals surface area (Å²) in [6, 6.07) is 7.48. The third kappa shape index (κ3) is 4.30. The molecule has 8 nitrogen and oxygen atoms in total. The molecule has 188 valence electrons. The molecule has 5 rings (SSSR count). The number of likely N-dealkylation sites (N-methyl/N-ethyl adjacent to an activating group) is 1. The first kappa shape index (κ1) is 24.2. The van der Waals surface area contributed by atoms with E-state index >= 15 is 0 Å². The third-order valence-corrected chi connectivity index (χ3v) is 6.93. The number of aliphatic hydroxyl groups excluding tert-OH is 1. The zero-order valence-corrected chi connectivity index (χ0v) is 20.7. The minimum atomic E-state index is -0.838. The molecule has 10 heteroatoms. The predicted molar refractivity (Wildman–Crippen MR) is 137 cm³/mol. The Hall–Kier alpha value is -3.53. The normalized spacial score (nSPS) is 18.3. The molecule has 2 aliphatic rings. The molecule has 0 amide bonds. The molecular formula is C26H27ClFN5O3. The monoisotopic (exact) mass is 511 g/mol. The van der Waals surface area contributed by atoms with Gasteiger partial charge in [-0.1, -0.05) is 17.7 Å². The van der Waals surface area contributed by atoms with Crippen LogP contribution in [0.1, 0.15) is 5.56 Å². The highest BCUT2D eigenvalue weighted by molar-refractivity contribution is 6.32. The van der Waals surface area contributed by atoms with Gasteiger partial charge >= 0.3 is 5.69 Å². The van der Waals surface area contributed by atoms with Crippen molar-refractivity contribution in [2.45, 2.75) is 6.23 Å². The van der Waals surface area contributed by atoms with E-state index in [1.807, 2.05) is 0 Å². The Labute approximate surface area is 212 Å². The number of aromatic hydroxyl groups is 1. The van der Waals surface area contributed by atoms with Crippen LogP contribution < -0.4 is 11.0 Å². The Morgan fingerprint density at radius 1 is 1.08 bits per heavy atom. The molecule has 3 N–H and O–H groups in total. The van der Waals surface area contributed by atoms with Gasteiger partial charge in [-0.3, -0.25) is 4.57 Å². The summed E-state index contributed by atoms with van der Waals surface area (Å²) >= 11 is 6.51. The van der Waals surface area contributed by atoms with Crippen molar-refractivity contribution in [2.75, 3.05) is 33.2 Å². The first-order valence-corrected chi connectivity index (χ1v) is 12.0. The van der Waals surface area contributed by atoms with Crippen molar-refractivity contribution in [3.63, 3.8) is 0 Å². The Bertz CT molecular complexity index is 1440. The summed E-state index contributed by atoms with van der Waals surface area (Å²) in [4.78, 5) is 16.1. The average Bonchev–Trinajstić information content (AvgIpc) is 3.20. The number of allylic oxidation sites excluding steroid dienone is 2. The maximum Gasteiger partial charge on any atom is 0.332 e.